The highest BCUT2D eigenvalue weighted by molar-refractivity contribution is 6.30. The third-order valence-electron chi connectivity index (χ3n) is 4.24. The van der Waals surface area contributed by atoms with Crippen molar-refractivity contribution in [2.75, 3.05) is 18.0 Å². The van der Waals surface area contributed by atoms with Crippen LogP contribution in [0.2, 0.25) is 5.02 Å². The number of H-pyrrole nitrogens is 1. The van der Waals surface area contributed by atoms with Crippen LogP contribution in [0.4, 0.5) is 5.69 Å². The Hall–Kier alpha value is -2.34. The number of hydrogen-bond donors (Lipinski definition) is 2. The van der Waals surface area contributed by atoms with Crippen LogP contribution >= 0.6 is 11.6 Å². The van der Waals surface area contributed by atoms with Crippen molar-refractivity contribution in [2.45, 2.75) is 19.4 Å². The molecule has 0 spiro atoms. The lowest BCUT2D eigenvalue weighted by Crippen LogP contribution is -2.40. The summed E-state index contributed by atoms with van der Waals surface area (Å²) in [5, 5.41) is 9.83. The van der Waals surface area contributed by atoms with Crippen LogP contribution in [0.25, 0.3) is 0 Å². The maximum atomic E-state index is 12.3. The van der Waals surface area contributed by atoms with Gasteiger partial charge in [-0.1, -0.05) is 23.7 Å². The maximum Gasteiger partial charge on any atom is 0.266 e. The summed E-state index contributed by atoms with van der Waals surface area (Å²) < 4.78 is 0. The van der Waals surface area contributed by atoms with Crippen molar-refractivity contribution >= 4 is 23.2 Å². The summed E-state index contributed by atoms with van der Waals surface area (Å²) >= 11 is 5.95. The summed E-state index contributed by atoms with van der Waals surface area (Å²) in [4.78, 5) is 25.7. The van der Waals surface area contributed by atoms with E-state index in [4.69, 9.17) is 11.6 Å². The molecule has 0 unspecified atom stereocenters. The smallest absolute Gasteiger partial charge is 0.266 e. The van der Waals surface area contributed by atoms with Crippen molar-refractivity contribution in [3.05, 3.63) is 57.5 Å². The van der Waals surface area contributed by atoms with Crippen LogP contribution in [0.3, 0.4) is 0 Å². The molecular weight excluding hydrogens is 328 g/mol. The molecule has 2 N–H and O–H groups in total. The Labute approximate surface area is 144 Å². The van der Waals surface area contributed by atoms with E-state index in [2.05, 4.69) is 20.4 Å². The van der Waals surface area contributed by atoms with Crippen molar-refractivity contribution in [1.82, 2.24) is 15.5 Å². The quantitative estimate of drug-likeness (QED) is 0.887. The van der Waals surface area contributed by atoms with E-state index in [1.54, 1.807) is 6.20 Å². The second-order valence-corrected chi connectivity index (χ2v) is 6.35. The molecule has 6 nitrogen and oxygen atoms in total. The molecule has 2 aromatic rings. The number of piperidine rings is 1. The summed E-state index contributed by atoms with van der Waals surface area (Å²) in [5.41, 5.74) is 1.58. The Morgan fingerprint density at radius 1 is 1.33 bits per heavy atom. The van der Waals surface area contributed by atoms with Crippen molar-refractivity contribution in [3.63, 3.8) is 0 Å². The zero-order valence-electron chi connectivity index (χ0n) is 13.2. The van der Waals surface area contributed by atoms with Crippen molar-refractivity contribution in [1.29, 1.82) is 0 Å². The van der Waals surface area contributed by atoms with Crippen LogP contribution in [-0.2, 0) is 11.3 Å². The minimum Gasteiger partial charge on any atom is -0.370 e. The van der Waals surface area contributed by atoms with E-state index in [0.29, 0.717) is 11.6 Å². The number of benzene rings is 1. The standard InChI is InChI=1S/C17H19ClN4O2/c18-14-3-1-2-12(8-14)10-19-17(24)13-4-6-22(7-5-13)15-9-16(23)21-20-11-15/h1-3,8-9,11,13H,4-7,10H2,(H,19,24)(H,21,23). The summed E-state index contributed by atoms with van der Waals surface area (Å²) in [6.45, 7) is 1.96. The molecule has 0 atom stereocenters. The van der Waals surface area contributed by atoms with Crippen molar-refractivity contribution < 1.29 is 4.79 Å². The predicted molar refractivity (Wildman–Crippen MR) is 93.1 cm³/mol. The first-order valence-electron chi connectivity index (χ1n) is 7.93. The lowest BCUT2D eigenvalue weighted by molar-refractivity contribution is -0.125. The van der Waals surface area contributed by atoms with Gasteiger partial charge in [0.05, 0.1) is 11.9 Å². The van der Waals surface area contributed by atoms with E-state index in [1.165, 1.54) is 6.07 Å². The van der Waals surface area contributed by atoms with Gasteiger partial charge in [-0.2, -0.15) is 5.10 Å². The van der Waals surface area contributed by atoms with Gasteiger partial charge in [0.1, 0.15) is 0 Å². The molecule has 0 bridgehead atoms. The summed E-state index contributed by atoms with van der Waals surface area (Å²) in [6, 6.07) is 9.01. The molecule has 1 aliphatic rings. The average Bonchev–Trinajstić information content (AvgIpc) is 2.60. The SMILES string of the molecule is O=C(NCc1cccc(Cl)c1)C1CCN(c2cn[nH]c(=O)c2)CC1. The van der Waals surface area contributed by atoms with Crippen molar-refractivity contribution in [3.8, 4) is 0 Å². The van der Waals surface area contributed by atoms with Crippen LogP contribution in [0, 0.1) is 5.92 Å². The number of carbonyl (C=O) groups is 1. The molecule has 1 saturated heterocycles. The lowest BCUT2D eigenvalue weighted by atomic mass is 9.95. The Balaban J connectivity index is 1.51. The Bertz CT molecular complexity index is 769. The first kappa shape index (κ1) is 16.5. The second-order valence-electron chi connectivity index (χ2n) is 5.91. The maximum absolute atomic E-state index is 12.3. The summed E-state index contributed by atoms with van der Waals surface area (Å²) in [6.07, 6.45) is 3.16. The molecule has 3 rings (SSSR count). The molecule has 7 heteroatoms. The van der Waals surface area contributed by atoms with Crippen LogP contribution in [0.15, 0.2) is 41.3 Å². The minimum atomic E-state index is -0.214. The normalized spacial score (nSPS) is 15.3. The van der Waals surface area contributed by atoms with Crippen molar-refractivity contribution in [2.24, 2.45) is 5.92 Å². The van der Waals surface area contributed by atoms with Gasteiger partial charge in [0.15, 0.2) is 0 Å². The molecule has 1 aromatic carbocycles. The molecule has 0 saturated carbocycles. The minimum absolute atomic E-state index is 0.00427. The fraction of sp³-hybridized carbons (Fsp3) is 0.353. The number of anilines is 1. The van der Waals surface area contributed by atoms with Gasteiger partial charge < -0.3 is 10.2 Å². The molecule has 24 heavy (non-hydrogen) atoms. The zero-order chi connectivity index (χ0) is 16.9. The number of carbonyl (C=O) groups excluding carboxylic acids is 1. The van der Waals surface area contributed by atoms with Crippen LogP contribution in [-0.4, -0.2) is 29.2 Å². The number of amides is 1. The van der Waals surface area contributed by atoms with Gasteiger partial charge in [-0.05, 0) is 30.5 Å². The van der Waals surface area contributed by atoms with Gasteiger partial charge in [-0.15, -0.1) is 0 Å². The molecule has 126 valence electrons. The van der Waals surface area contributed by atoms with E-state index in [1.807, 2.05) is 24.3 Å². The molecular formula is C17H19ClN4O2. The fourth-order valence-electron chi connectivity index (χ4n) is 2.92. The van der Waals surface area contributed by atoms with E-state index >= 15 is 0 Å². The number of halogens is 1. The van der Waals surface area contributed by atoms with Gasteiger partial charge in [0, 0.05) is 36.6 Å². The summed E-state index contributed by atoms with van der Waals surface area (Å²) in [5.74, 6) is 0.0639. The molecule has 1 amide bonds. The first-order chi connectivity index (χ1) is 11.6. The predicted octanol–water partition coefficient (Wildman–Crippen LogP) is 1.96. The number of nitrogens with zero attached hydrogens (tertiary/aromatic N) is 2. The van der Waals surface area contributed by atoms with Gasteiger partial charge in [-0.3, -0.25) is 9.59 Å². The zero-order valence-corrected chi connectivity index (χ0v) is 13.9. The highest BCUT2D eigenvalue weighted by Crippen LogP contribution is 2.22. The number of hydrogen-bond acceptors (Lipinski definition) is 4. The van der Waals surface area contributed by atoms with Crippen LogP contribution in [0.5, 0.6) is 0 Å². The largest absolute Gasteiger partial charge is 0.370 e. The molecule has 1 aromatic heterocycles. The molecule has 0 radical (unpaired) electrons. The highest BCUT2D eigenvalue weighted by Gasteiger charge is 2.25. The van der Waals surface area contributed by atoms with Crippen LogP contribution < -0.4 is 15.8 Å². The topological polar surface area (TPSA) is 78.1 Å². The number of aromatic nitrogens is 2. The Morgan fingerprint density at radius 3 is 2.83 bits per heavy atom. The monoisotopic (exact) mass is 346 g/mol. The number of nitrogens with one attached hydrogen (secondary N) is 2. The van der Waals surface area contributed by atoms with Gasteiger partial charge in [0.2, 0.25) is 5.91 Å². The Morgan fingerprint density at radius 2 is 2.12 bits per heavy atom. The molecule has 1 aliphatic heterocycles. The van der Waals surface area contributed by atoms with Gasteiger partial charge in [0.25, 0.3) is 5.56 Å². The van der Waals surface area contributed by atoms with E-state index < -0.39 is 0 Å². The average molecular weight is 347 g/mol. The third kappa shape index (κ3) is 4.14. The number of aromatic amines is 1. The summed E-state index contributed by atoms with van der Waals surface area (Å²) in [7, 11) is 0. The van der Waals surface area contributed by atoms with Gasteiger partial charge >= 0.3 is 0 Å². The van der Waals surface area contributed by atoms with Gasteiger partial charge in [-0.25, -0.2) is 5.10 Å². The molecule has 0 aliphatic carbocycles. The van der Waals surface area contributed by atoms with E-state index in [-0.39, 0.29) is 17.4 Å². The first-order valence-corrected chi connectivity index (χ1v) is 8.31. The molecule has 1 fully saturated rings. The van der Waals surface area contributed by atoms with Crippen LogP contribution in [0.1, 0.15) is 18.4 Å². The van der Waals surface area contributed by atoms with E-state index in [9.17, 15) is 9.59 Å². The van der Waals surface area contributed by atoms with E-state index in [0.717, 1.165) is 37.2 Å². The number of rotatable bonds is 4. The lowest BCUT2D eigenvalue weighted by Gasteiger charge is -2.32. The molecule has 2 heterocycles. The fourth-order valence-corrected chi connectivity index (χ4v) is 3.13. The Kier molecular flexibility index (Phi) is 5.15. The third-order valence-corrected chi connectivity index (χ3v) is 4.47. The highest BCUT2D eigenvalue weighted by atomic mass is 35.5. The second kappa shape index (κ2) is 7.49.